The summed E-state index contributed by atoms with van der Waals surface area (Å²) < 4.78 is 0. The highest BCUT2D eigenvalue weighted by Crippen LogP contribution is 2.15. The van der Waals surface area contributed by atoms with E-state index in [1.165, 1.54) is 25.7 Å². The number of rotatable bonds is 7. The van der Waals surface area contributed by atoms with Crippen molar-refractivity contribution in [3.8, 4) is 0 Å². The third-order valence-electron chi connectivity index (χ3n) is 2.22. The van der Waals surface area contributed by atoms with Crippen LogP contribution in [-0.4, -0.2) is 5.37 Å². The van der Waals surface area contributed by atoms with Crippen LogP contribution in [0.4, 0.5) is 0 Å². The zero-order chi connectivity index (χ0) is 9.40. The van der Waals surface area contributed by atoms with Crippen molar-refractivity contribution in [3.63, 3.8) is 0 Å². The fraction of sp³-hybridized carbons (Fsp3) is 0.909. The molecular formula is C11H21S. The number of thiocarbonyl (C=S) groups is 1. The molecular weight excluding hydrogens is 164 g/mol. The molecule has 1 radical (unpaired) electrons. The predicted octanol–water partition coefficient (Wildman–Crippen LogP) is 4.11. The molecule has 0 saturated heterocycles. The first-order valence-corrected chi connectivity index (χ1v) is 5.42. The smallest absolute Gasteiger partial charge is 0.0291 e. The lowest BCUT2D eigenvalue weighted by atomic mass is 9.96. The summed E-state index contributed by atoms with van der Waals surface area (Å²) in [6.45, 7) is 6.89. The Hall–Kier alpha value is 0.0900. The summed E-state index contributed by atoms with van der Waals surface area (Å²) in [4.78, 5) is 0. The van der Waals surface area contributed by atoms with Crippen molar-refractivity contribution in [1.82, 2.24) is 0 Å². The number of hydrogen-bond acceptors (Lipinski definition) is 1. The summed E-state index contributed by atoms with van der Waals surface area (Å²) in [5, 5.41) is 2.78. The third-order valence-corrected chi connectivity index (χ3v) is 2.42. The van der Waals surface area contributed by atoms with E-state index in [1.807, 2.05) is 0 Å². The van der Waals surface area contributed by atoms with Gasteiger partial charge in [0, 0.05) is 5.37 Å². The van der Waals surface area contributed by atoms with E-state index in [1.54, 1.807) is 0 Å². The Labute approximate surface area is 82.7 Å². The molecule has 1 atom stereocenters. The maximum absolute atomic E-state index is 4.67. The second kappa shape index (κ2) is 7.72. The molecule has 71 valence electrons. The van der Waals surface area contributed by atoms with Gasteiger partial charge in [0.15, 0.2) is 0 Å². The molecule has 0 spiro atoms. The summed E-state index contributed by atoms with van der Waals surface area (Å²) in [5.74, 6) is 1.69. The molecule has 1 heteroatoms. The zero-order valence-corrected chi connectivity index (χ0v) is 9.41. The molecule has 0 saturated carbocycles. The molecule has 0 aliphatic carbocycles. The van der Waals surface area contributed by atoms with Gasteiger partial charge in [0.2, 0.25) is 0 Å². The predicted molar refractivity (Wildman–Crippen MR) is 59.7 cm³/mol. The van der Waals surface area contributed by atoms with Crippen LogP contribution in [-0.2, 0) is 0 Å². The Kier molecular flexibility index (Phi) is 7.78. The van der Waals surface area contributed by atoms with Gasteiger partial charge in [0.05, 0.1) is 0 Å². The molecule has 0 aromatic rings. The lowest BCUT2D eigenvalue weighted by Crippen LogP contribution is -1.96. The average Bonchev–Trinajstić information content (AvgIpc) is 2.00. The van der Waals surface area contributed by atoms with Gasteiger partial charge in [-0.2, -0.15) is 0 Å². The van der Waals surface area contributed by atoms with Crippen molar-refractivity contribution in [2.45, 2.75) is 52.9 Å². The van der Waals surface area contributed by atoms with Gasteiger partial charge in [-0.25, -0.2) is 0 Å². The fourth-order valence-corrected chi connectivity index (χ4v) is 1.44. The molecule has 0 aliphatic heterocycles. The van der Waals surface area contributed by atoms with E-state index in [0.29, 0.717) is 0 Å². The molecule has 0 aromatic carbocycles. The first-order valence-electron chi connectivity index (χ1n) is 5.01. The average molecular weight is 185 g/mol. The summed E-state index contributed by atoms with van der Waals surface area (Å²) >= 11 is 4.67. The Morgan fingerprint density at radius 3 is 2.25 bits per heavy atom. The van der Waals surface area contributed by atoms with Gasteiger partial charge in [-0.1, -0.05) is 52.3 Å². The largest absolute Gasteiger partial charge is 0.0837 e. The molecule has 0 bridgehead atoms. The van der Waals surface area contributed by atoms with Gasteiger partial charge in [-0.15, -0.1) is 0 Å². The van der Waals surface area contributed by atoms with Gasteiger partial charge < -0.3 is 0 Å². The molecule has 0 fully saturated rings. The lowest BCUT2D eigenvalue weighted by molar-refractivity contribution is 0.443. The van der Waals surface area contributed by atoms with Crippen LogP contribution in [0.15, 0.2) is 0 Å². The minimum Gasteiger partial charge on any atom is -0.0837 e. The quantitative estimate of drug-likeness (QED) is 0.538. The molecule has 0 N–H and O–H groups in total. The van der Waals surface area contributed by atoms with Gasteiger partial charge in [0.25, 0.3) is 0 Å². The fourth-order valence-electron chi connectivity index (χ4n) is 1.32. The lowest BCUT2D eigenvalue weighted by Gasteiger charge is -2.10. The third kappa shape index (κ3) is 8.19. The molecule has 12 heavy (non-hydrogen) atoms. The van der Waals surface area contributed by atoms with E-state index in [9.17, 15) is 0 Å². The van der Waals surface area contributed by atoms with Gasteiger partial charge in [-0.3, -0.25) is 0 Å². The normalized spacial score (nSPS) is 13.3. The molecule has 0 aromatic heterocycles. The van der Waals surface area contributed by atoms with Crippen molar-refractivity contribution in [1.29, 1.82) is 0 Å². The monoisotopic (exact) mass is 185 g/mol. The van der Waals surface area contributed by atoms with Crippen LogP contribution in [0.2, 0.25) is 0 Å². The minimum atomic E-state index is 0.833. The van der Waals surface area contributed by atoms with E-state index in [-0.39, 0.29) is 0 Å². The molecule has 0 amide bonds. The Bertz CT molecular complexity index is 108. The van der Waals surface area contributed by atoms with Crippen molar-refractivity contribution in [2.75, 3.05) is 0 Å². The maximum atomic E-state index is 4.67. The first kappa shape index (κ1) is 12.1. The van der Waals surface area contributed by atoms with E-state index < -0.39 is 0 Å². The molecule has 1 unspecified atom stereocenters. The Morgan fingerprint density at radius 2 is 1.75 bits per heavy atom. The van der Waals surface area contributed by atoms with Crippen molar-refractivity contribution >= 4 is 17.6 Å². The summed E-state index contributed by atoms with van der Waals surface area (Å²) in [6.07, 6.45) is 6.30. The standard InChI is InChI=1S/C11H21S/c1-10(2)6-4-7-11(3)8-5-9-12/h10-11H,4-8H2,1-3H3. The van der Waals surface area contributed by atoms with E-state index >= 15 is 0 Å². The SMILES string of the molecule is CC(C)CCCC(C)CC[C]=S. The van der Waals surface area contributed by atoms with Crippen molar-refractivity contribution in [3.05, 3.63) is 0 Å². The highest BCUT2D eigenvalue weighted by Gasteiger charge is 2.01. The van der Waals surface area contributed by atoms with Crippen LogP contribution >= 0.6 is 12.2 Å². The van der Waals surface area contributed by atoms with E-state index in [2.05, 4.69) is 38.4 Å². The summed E-state index contributed by atoms with van der Waals surface area (Å²) in [6, 6.07) is 0. The second-order valence-corrected chi connectivity index (χ2v) is 4.40. The van der Waals surface area contributed by atoms with Crippen LogP contribution in [0.25, 0.3) is 0 Å². The summed E-state index contributed by atoms with van der Waals surface area (Å²) in [5.41, 5.74) is 0. The Balaban J connectivity index is 3.18. The highest BCUT2D eigenvalue weighted by molar-refractivity contribution is 7.78. The highest BCUT2D eigenvalue weighted by atomic mass is 32.1. The molecule has 0 heterocycles. The molecule has 0 rings (SSSR count). The van der Waals surface area contributed by atoms with Gasteiger partial charge in [-0.05, 0) is 24.7 Å². The maximum Gasteiger partial charge on any atom is 0.0291 e. The minimum absolute atomic E-state index is 0.833. The zero-order valence-electron chi connectivity index (χ0n) is 8.60. The van der Waals surface area contributed by atoms with E-state index in [4.69, 9.17) is 0 Å². The van der Waals surface area contributed by atoms with Gasteiger partial charge >= 0.3 is 0 Å². The summed E-state index contributed by atoms with van der Waals surface area (Å²) in [7, 11) is 0. The van der Waals surface area contributed by atoms with Gasteiger partial charge in [0.1, 0.15) is 0 Å². The molecule has 0 nitrogen and oxygen atoms in total. The van der Waals surface area contributed by atoms with Crippen LogP contribution in [0.1, 0.15) is 52.9 Å². The second-order valence-electron chi connectivity index (χ2n) is 4.11. The first-order chi connectivity index (χ1) is 5.66. The van der Waals surface area contributed by atoms with Crippen LogP contribution in [0, 0.1) is 11.8 Å². The molecule has 0 aliphatic rings. The Morgan fingerprint density at radius 1 is 1.08 bits per heavy atom. The topological polar surface area (TPSA) is 0 Å². The van der Waals surface area contributed by atoms with Crippen molar-refractivity contribution < 1.29 is 0 Å². The van der Waals surface area contributed by atoms with Crippen LogP contribution in [0.5, 0.6) is 0 Å². The van der Waals surface area contributed by atoms with Crippen LogP contribution < -0.4 is 0 Å². The number of hydrogen-bond donors (Lipinski definition) is 0. The van der Waals surface area contributed by atoms with E-state index in [0.717, 1.165) is 18.3 Å². The van der Waals surface area contributed by atoms with Crippen molar-refractivity contribution in [2.24, 2.45) is 11.8 Å². The van der Waals surface area contributed by atoms with Crippen LogP contribution in [0.3, 0.4) is 0 Å².